The number of hydrogen-bond donors (Lipinski definition) is 1. The molecule has 114 valence electrons. The normalized spacial score (nSPS) is 12.6. The second-order valence-electron chi connectivity index (χ2n) is 5.44. The highest BCUT2D eigenvalue weighted by atomic mass is 19.1. The van der Waals surface area contributed by atoms with E-state index in [-0.39, 0.29) is 11.9 Å². The zero-order chi connectivity index (χ0) is 15.4. The Bertz CT molecular complexity index is 604. The van der Waals surface area contributed by atoms with Crippen molar-refractivity contribution in [2.45, 2.75) is 39.7 Å². The minimum Gasteiger partial charge on any atom is -0.310 e. The Kier molecular flexibility index (Phi) is 5.12. The summed E-state index contributed by atoms with van der Waals surface area (Å²) in [4.78, 5) is 0. The fourth-order valence-corrected chi connectivity index (χ4v) is 2.74. The molecule has 1 heterocycles. The molecule has 1 unspecified atom stereocenters. The van der Waals surface area contributed by atoms with Crippen molar-refractivity contribution in [1.29, 1.82) is 0 Å². The van der Waals surface area contributed by atoms with E-state index in [2.05, 4.69) is 30.5 Å². The first-order chi connectivity index (χ1) is 10.0. The third-order valence-corrected chi connectivity index (χ3v) is 3.83. The van der Waals surface area contributed by atoms with Crippen molar-refractivity contribution in [3.05, 3.63) is 52.6 Å². The van der Waals surface area contributed by atoms with Crippen LogP contribution in [-0.2, 0) is 19.9 Å². The summed E-state index contributed by atoms with van der Waals surface area (Å²) in [6.45, 7) is 7.11. The Morgan fingerprint density at radius 3 is 2.76 bits per heavy atom. The number of aromatic nitrogens is 2. The molecule has 2 rings (SSSR count). The van der Waals surface area contributed by atoms with Gasteiger partial charge in [0.2, 0.25) is 0 Å². The van der Waals surface area contributed by atoms with E-state index in [0.717, 1.165) is 36.2 Å². The number of likely N-dealkylation sites (N-methyl/N-ethyl adjacent to an activating group) is 1. The SMILES string of the molecule is CCNC(Cc1cc(F)ccc1C)c1cn(C)nc1CC. The summed E-state index contributed by atoms with van der Waals surface area (Å²) in [5.74, 6) is -0.173. The van der Waals surface area contributed by atoms with Crippen LogP contribution in [0, 0.1) is 12.7 Å². The lowest BCUT2D eigenvalue weighted by Crippen LogP contribution is -2.24. The van der Waals surface area contributed by atoms with E-state index in [9.17, 15) is 4.39 Å². The van der Waals surface area contributed by atoms with Gasteiger partial charge in [-0.2, -0.15) is 5.10 Å². The lowest BCUT2D eigenvalue weighted by atomic mass is 9.95. The smallest absolute Gasteiger partial charge is 0.123 e. The quantitative estimate of drug-likeness (QED) is 0.884. The van der Waals surface area contributed by atoms with E-state index >= 15 is 0 Å². The largest absolute Gasteiger partial charge is 0.310 e. The number of nitrogens with one attached hydrogen (secondary N) is 1. The van der Waals surface area contributed by atoms with Crippen LogP contribution in [0.2, 0.25) is 0 Å². The third-order valence-electron chi connectivity index (χ3n) is 3.83. The maximum Gasteiger partial charge on any atom is 0.123 e. The number of rotatable bonds is 6. The average Bonchev–Trinajstić information content (AvgIpc) is 2.83. The van der Waals surface area contributed by atoms with Gasteiger partial charge in [0, 0.05) is 24.8 Å². The first kappa shape index (κ1) is 15.7. The van der Waals surface area contributed by atoms with Gasteiger partial charge in [0.15, 0.2) is 0 Å². The van der Waals surface area contributed by atoms with E-state index in [4.69, 9.17) is 0 Å². The number of halogens is 1. The number of hydrogen-bond acceptors (Lipinski definition) is 2. The van der Waals surface area contributed by atoms with Gasteiger partial charge in [-0.1, -0.05) is 19.9 Å². The molecule has 0 saturated heterocycles. The molecule has 3 nitrogen and oxygen atoms in total. The molecule has 21 heavy (non-hydrogen) atoms. The van der Waals surface area contributed by atoms with Crippen LogP contribution >= 0.6 is 0 Å². The Hall–Kier alpha value is -1.68. The zero-order valence-corrected chi connectivity index (χ0v) is 13.3. The van der Waals surface area contributed by atoms with Crippen LogP contribution in [0.15, 0.2) is 24.4 Å². The average molecular weight is 289 g/mol. The molecule has 1 atom stereocenters. The molecule has 1 aromatic carbocycles. The molecule has 0 fully saturated rings. The van der Waals surface area contributed by atoms with Crippen LogP contribution in [0.3, 0.4) is 0 Å². The molecule has 4 heteroatoms. The highest BCUT2D eigenvalue weighted by molar-refractivity contribution is 5.30. The van der Waals surface area contributed by atoms with Gasteiger partial charge in [0.1, 0.15) is 5.82 Å². The highest BCUT2D eigenvalue weighted by Crippen LogP contribution is 2.24. The molecular weight excluding hydrogens is 265 g/mol. The topological polar surface area (TPSA) is 29.9 Å². The van der Waals surface area contributed by atoms with E-state index in [1.54, 1.807) is 6.07 Å². The van der Waals surface area contributed by atoms with Crippen LogP contribution in [0.1, 0.15) is 42.3 Å². The van der Waals surface area contributed by atoms with Crippen molar-refractivity contribution < 1.29 is 4.39 Å². The molecule has 2 aromatic rings. The summed E-state index contributed by atoms with van der Waals surface area (Å²) in [5, 5.41) is 8.02. The van der Waals surface area contributed by atoms with Gasteiger partial charge in [0.25, 0.3) is 0 Å². The summed E-state index contributed by atoms with van der Waals surface area (Å²) in [6, 6.07) is 5.17. The maximum atomic E-state index is 13.5. The van der Waals surface area contributed by atoms with Crippen LogP contribution in [0.5, 0.6) is 0 Å². The third kappa shape index (κ3) is 3.70. The minimum atomic E-state index is -0.173. The molecule has 0 amide bonds. The van der Waals surface area contributed by atoms with Crippen LogP contribution in [-0.4, -0.2) is 16.3 Å². The van der Waals surface area contributed by atoms with Crippen molar-refractivity contribution in [2.75, 3.05) is 6.54 Å². The predicted octanol–water partition coefficient (Wildman–Crippen LogP) is 3.32. The zero-order valence-electron chi connectivity index (χ0n) is 13.3. The Balaban J connectivity index is 2.32. The molecule has 0 spiro atoms. The fraction of sp³-hybridized carbons (Fsp3) is 0.471. The van der Waals surface area contributed by atoms with Crippen LogP contribution < -0.4 is 5.32 Å². The van der Waals surface area contributed by atoms with E-state index in [1.807, 2.05) is 24.7 Å². The molecule has 0 bridgehead atoms. The number of nitrogens with zero attached hydrogens (tertiary/aromatic N) is 2. The molecule has 0 radical (unpaired) electrons. The summed E-state index contributed by atoms with van der Waals surface area (Å²) >= 11 is 0. The van der Waals surface area contributed by atoms with E-state index < -0.39 is 0 Å². The monoisotopic (exact) mass is 289 g/mol. The lowest BCUT2D eigenvalue weighted by Gasteiger charge is -2.19. The van der Waals surface area contributed by atoms with Crippen molar-refractivity contribution in [3.8, 4) is 0 Å². The highest BCUT2D eigenvalue weighted by Gasteiger charge is 2.18. The Morgan fingerprint density at radius 1 is 1.33 bits per heavy atom. The molecule has 0 aliphatic heterocycles. The fourth-order valence-electron chi connectivity index (χ4n) is 2.74. The summed E-state index contributed by atoms with van der Waals surface area (Å²) in [6.07, 6.45) is 3.75. The van der Waals surface area contributed by atoms with Crippen molar-refractivity contribution in [2.24, 2.45) is 7.05 Å². The van der Waals surface area contributed by atoms with Crippen LogP contribution in [0.4, 0.5) is 4.39 Å². The molecule has 1 N–H and O–H groups in total. The molecular formula is C17H24FN3. The predicted molar refractivity (Wildman–Crippen MR) is 83.8 cm³/mol. The van der Waals surface area contributed by atoms with Gasteiger partial charge in [-0.05, 0) is 49.6 Å². The standard InChI is InChI=1S/C17H24FN3/c1-5-16-15(11-21(4)20-16)17(19-6-2)10-13-9-14(18)8-7-12(13)3/h7-9,11,17,19H,5-6,10H2,1-4H3. The van der Waals surface area contributed by atoms with Gasteiger partial charge in [-0.3, -0.25) is 4.68 Å². The number of aryl methyl sites for hydroxylation is 3. The van der Waals surface area contributed by atoms with Gasteiger partial charge < -0.3 is 5.32 Å². The molecule has 0 aliphatic rings. The van der Waals surface area contributed by atoms with Crippen molar-refractivity contribution in [1.82, 2.24) is 15.1 Å². The summed E-state index contributed by atoms with van der Waals surface area (Å²) in [5.41, 5.74) is 4.50. The maximum absolute atomic E-state index is 13.5. The van der Waals surface area contributed by atoms with Gasteiger partial charge in [-0.15, -0.1) is 0 Å². The molecule has 0 aliphatic carbocycles. The Morgan fingerprint density at radius 2 is 2.10 bits per heavy atom. The van der Waals surface area contributed by atoms with Crippen molar-refractivity contribution >= 4 is 0 Å². The van der Waals surface area contributed by atoms with E-state index in [1.165, 1.54) is 11.6 Å². The first-order valence-electron chi connectivity index (χ1n) is 7.56. The first-order valence-corrected chi connectivity index (χ1v) is 7.56. The molecule has 1 aromatic heterocycles. The second-order valence-corrected chi connectivity index (χ2v) is 5.44. The molecule has 0 saturated carbocycles. The Labute approximate surface area is 126 Å². The second kappa shape index (κ2) is 6.85. The van der Waals surface area contributed by atoms with Gasteiger partial charge in [0.05, 0.1) is 5.69 Å². The van der Waals surface area contributed by atoms with E-state index in [0.29, 0.717) is 0 Å². The van der Waals surface area contributed by atoms with Crippen molar-refractivity contribution in [3.63, 3.8) is 0 Å². The number of benzene rings is 1. The van der Waals surface area contributed by atoms with Gasteiger partial charge >= 0.3 is 0 Å². The summed E-state index contributed by atoms with van der Waals surface area (Å²) in [7, 11) is 1.94. The van der Waals surface area contributed by atoms with Gasteiger partial charge in [-0.25, -0.2) is 4.39 Å². The minimum absolute atomic E-state index is 0.166. The lowest BCUT2D eigenvalue weighted by molar-refractivity contribution is 0.541. The summed E-state index contributed by atoms with van der Waals surface area (Å²) < 4.78 is 15.4. The van der Waals surface area contributed by atoms with Crippen LogP contribution in [0.25, 0.3) is 0 Å².